The van der Waals surface area contributed by atoms with Gasteiger partial charge in [-0.25, -0.2) is 4.98 Å². The number of carbonyl (C=O) groups is 1. The topological polar surface area (TPSA) is 74.2 Å². The molecule has 150 valence electrons. The Hall–Kier alpha value is -2.06. The van der Waals surface area contributed by atoms with Crippen molar-refractivity contribution in [2.45, 2.75) is 32.6 Å². The molecule has 2 aliphatic rings. The zero-order chi connectivity index (χ0) is 19.3. The van der Waals surface area contributed by atoms with Gasteiger partial charge < -0.3 is 9.80 Å². The molecule has 4 rings (SSSR count). The van der Waals surface area contributed by atoms with Crippen LogP contribution < -0.4 is 10.2 Å². The van der Waals surface area contributed by atoms with E-state index in [9.17, 15) is 4.79 Å². The number of nitrogens with one attached hydrogen (secondary N) is 1. The van der Waals surface area contributed by atoms with E-state index < -0.39 is 0 Å². The number of hydrogen-bond acceptors (Lipinski definition) is 7. The number of aromatic nitrogens is 3. The van der Waals surface area contributed by atoms with Crippen LogP contribution in [0.1, 0.15) is 43.0 Å². The molecule has 2 aromatic rings. The number of rotatable bonds is 5. The maximum absolute atomic E-state index is 12.3. The van der Waals surface area contributed by atoms with E-state index in [0.717, 1.165) is 24.8 Å². The molecule has 2 saturated heterocycles. The van der Waals surface area contributed by atoms with E-state index in [2.05, 4.69) is 37.2 Å². The molecule has 8 heteroatoms. The third-order valence-corrected chi connectivity index (χ3v) is 6.43. The zero-order valence-electron chi connectivity index (χ0n) is 16.4. The van der Waals surface area contributed by atoms with Crippen molar-refractivity contribution in [2.24, 2.45) is 11.8 Å². The normalized spacial score (nSPS) is 21.6. The van der Waals surface area contributed by atoms with Crippen molar-refractivity contribution < 1.29 is 4.79 Å². The minimum absolute atomic E-state index is 0.202. The second kappa shape index (κ2) is 8.96. The Morgan fingerprint density at radius 3 is 2.82 bits per heavy atom. The van der Waals surface area contributed by atoms with Crippen molar-refractivity contribution in [1.29, 1.82) is 0 Å². The van der Waals surface area contributed by atoms with E-state index in [1.54, 1.807) is 11.7 Å². The number of pyridine rings is 1. The molecular formula is C20H28N6OS. The average Bonchev–Trinajstić information content (AvgIpc) is 3.23. The highest BCUT2D eigenvalue weighted by Crippen LogP contribution is 2.24. The predicted octanol–water partition coefficient (Wildman–Crippen LogP) is 3.13. The van der Waals surface area contributed by atoms with Gasteiger partial charge in [0.2, 0.25) is 5.13 Å². The molecule has 1 amide bonds. The number of likely N-dealkylation sites (tertiary alicyclic amines) is 1. The van der Waals surface area contributed by atoms with Crippen molar-refractivity contribution in [3.05, 3.63) is 29.4 Å². The van der Waals surface area contributed by atoms with E-state index in [0.29, 0.717) is 16.6 Å². The first-order chi connectivity index (χ1) is 13.7. The summed E-state index contributed by atoms with van der Waals surface area (Å²) in [4.78, 5) is 21.8. The lowest BCUT2D eigenvalue weighted by Crippen LogP contribution is -2.43. The van der Waals surface area contributed by atoms with Gasteiger partial charge in [-0.1, -0.05) is 18.3 Å². The summed E-state index contributed by atoms with van der Waals surface area (Å²) in [6.07, 6.45) is 6.82. The highest BCUT2D eigenvalue weighted by Gasteiger charge is 2.25. The summed E-state index contributed by atoms with van der Waals surface area (Å²) in [5.41, 5.74) is 2.13. The smallest absolute Gasteiger partial charge is 0.259 e. The SMILES string of the molecule is CC1CCN(CC2CCCN(c3ccc(C(=O)Nc4nncs4)cn3)C2)CC1. The van der Waals surface area contributed by atoms with Crippen LogP contribution in [0, 0.1) is 11.8 Å². The number of nitrogens with zero attached hydrogens (tertiary/aromatic N) is 5. The molecular weight excluding hydrogens is 372 g/mol. The number of anilines is 2. The second-order valence-corrected chi connectivity index (χ2v) is 8.87. The maximum Gasteiger partial charge on any atom is 0.259 e. The minimum atomic E-state index is -0.202. The Morgan fingerprint density at radius 2 is 2.11 bits per heavy atom. The van der Waals surface area contributed by atoms with E-state index in [1.165, 1.54) is 56.7 Å². The van der Waals surface area contributed by atoms with Gasteiger partial charge in [0.1, 0.15) is 11.3 Å². The second-order valence-electron chi connectivity index (χ2n) is 8.04. The molecule has 0 radical (unpaired) electrons. The van der Waals surface area contributed by atoms with Crippen LogP contribution >= 0.6 is 11.3 Å². The van der Waals surface area contributed by atoms with Crippen molar-refractivity contribution in [2.75, 3.05) is 42.9 Å². The summed E-state index contributed by atoms with van der Waals surface area (Å²) in [5, 5.41) is 10.8. The number of carbonyl (C=O) groups excluding carboxylic acids is 1. The van der Waals surface area contributed by atoms with Crippen LogP contribution in [0.2, 0.25) is 0 Å². The van der Waals surface area contributed by atoms with Crippen LogP contribution in [0.15, 0.2) is 23.8 Å². The van der Waals surface area contributed by atoms with Gasteiger partial charge in [0.25, 0.3) is 5.91 Å². The van der Waals surface area contributed by atoms with Crippen molar-refractivity contribution in [3.63, 3.8) is 0 Å². The molecule has 2 aromatic heterocycles. The van der Waals surface area contributed by atoms with Gasteiger partial charge in [-0.3, -0.25) is 10.1 Å². The number of piperidine rings is 2. The van der Waals surface area contributed by atoms with Crippen LogP contribution in [-0.2, 0) is 0 Å². The van der Waals surface area contributed by atoms with Gasteiger partial charge in [0.05, 0.1) is 5.56 Å². The van der Waals surface area contributed by atoms with Gasteiger partial charge in [0, 0.05) is 25.8 Å². The molecule has 0 aliphatic carbocycles. The Labute approximate surface area is 170 Å². The monoisotopic (exact) mass is 400 g/mol. The maximum atomic E-state index is 12.3. The largest absolute Gasteiger partial charge is 0.356 e. The lowest BCUT2D eigenvalue weighted by atomic mass is 9.94. The fraction of sp³-hybridized carbons (Fsp3) is 0.600. The van der Waals surface area contributed by atoms with Crippen molar-refractivity contribution >= 4 is 28.2 Å². The molecule has 0 saturated carbocycles. The fourth-order valence-corrected chi connectivity index (χ4v) is 4.58. The van der Waals surface area contributed by atoms with Crippen molar-refractivity contribution in [1.82, 2.24) is 20.1 Å². The Morgan fingerprint density at radius 1 is 1.25 bits per heavy atom. The van der Waals surface area contributed by atoms with Crippen LogP contribution in [0.4, 0.5) is 10.9 Å². The molecule has 0 aromatic carbocycles. The van der Waals surface area contributed by atoms with Crippen LogP contribution in [0.5, 0.6) is 0 Å². The molecule has 7 nitrogen and oxygen atoms in total. The van der Waals surface area contributed by atoms with E-state index in [4.69, 9.17) is 0 Å². The first-order valence-electron chi connectivity index (χ1n) is 10.2. The number of amides is 1. The highest BCUT2D eigenvalue weighted by atomic mass is 32.1. The van der Waals surface area contributed by atoms with Gasteiger partial charge in [0.15, 0.2) is 0 Å². The molecule has 4 heterocycles. The molecule has 1 unspecified atom stereocenters. The summed E-state index contributed by atoms with van der Waals surface area (Å²) in [6.45, 7) is 8.14. The zero-order valence-corrected chi connectivity index (χ0v) is 17.2. The standard InChI is InChI=1S/C20H28N6OS/c1-15-6-9-25(10-7-15)12-16-3-2-8-26(13-16)18-5-4-17(11-21-18)19(27)23-20-24-22-14-28-20/h4-5,11,14-16H,2-3,6-10,12-13H2,1H3,(H,23,24,27). The third-order valence-electron chi connectivity index (χ3n) is 5.83. The summed E-state index contributed by atoms with van der Waals surface area (Å²) in [5.74, 6) is 2.34. The summed E-state index contributed by atoms with van der Waals surface area (Å²) in [7, 11) is 0. The fourth-order valence-electron chi connectivity index (χ4n) is 4.14. The van der Waals surface area contributed by atoms with E-state index in [1.807, 2.05) is 12.1 Å². The Bertz CT molecular complexity index is 758. The lowest BCUT2D eigenvalue weighted by molar-refractivity contribution is 0.102. The quantitative estimate of drug-likeness (QED) is 0.831. The van der Waals surface area contributed by atoms with Crippen molar-refractivity contribution in [3.8, 4) is 0 Å². The van der Waals surface area contributed by atoms with Gasteiger partial charge >= 0.3 is 0 Å². The summed E-state index contributed by atoms with van der Waals surface area (Å²) >= 11 is 1.30. The molecule has 0 spiro atoms. The first-order valence-corrected chi connectivity index (χ1v) is 11.1. The molecule has 2 aliphatic heterocycles. The van der Waals surface area contributed by atoms with Gasteiger partial charge in [-0.05, 0) is 62.7 Å². The third kappa shape index (κ3) is 4.86. The van der Waals surface area contributed by atoms with Crippen LogP contribution in [-0.4, -0.2) is 58.7 Å². The van der Waals surface area contributed by atoms with Gasteiger partial charge in [-0.15, -0.1) is 10.2 Å². The molecule has 0 bridgehead atoms. The predicted molar refractivity (Wildman–Crippen MR) is 112 cm³/mol. The van der Waals surface area contributed by atoms with E-state index in [-0.39, 0.29) is 5.91 Å². The lowest BCUT2D eigenvalue weighted by Gasteiger charge is -2.38. The minimum Gasteiger partial charge on any atom is -0.356 e. The summed E-state index contributed by atoms with van der Waals surface area (Å²) in [6, 6.07) is 3.80. The first kappa shape index (κ1) is 19.3. The average molecular weight is 401 g/mol. The summed E-state index contributed by atoms with van der Waals surface area (Å²) < 4.78 is 0. The number of hydrogen-bond donors (Lipinski definition) is 1. The Kier molecular flexibility index (Phi) is 6.17. The Balaban J connectivity index is 1.32. The van der Waals surface area contributed by atoms with E-state index >= 15 is 0 Å². The molecule has 1 N–H and O–H groups in total. The molecule has 28 heavy (non-hydrogen) atoms. The van der Waals surface area contributed by atoms with Gasteiger partial charge in [-0.2, -0.15) is 0 Å². The highest BCUT2D eigenvalue weighted by molar-refractivity contribution is 7.13. The van der Waals surface area contributed by atoms with Crippen LogP contribution in [0.3, 0.4) is 0 Å². The van der Waals surface area contributed by atoms with Crippen LogP contribution in [0.25, 0.3) is 0 Å². The molecule has 1 atom stereocenters. The molecule has 2 fully saturated rings.